The standard InChI is InChI=1S/C25H28N2O2S/c28-25(29-17-16-27-14-6-1-7-15-27)26-23-10-4-5-11-24(23)30-19-20-12-13-21-8-2-3-9-22(21)18-20/h2-5,8-13,18H,1,6-7,14-17,19H2,(H,26,28). The number of ether oxygens (including phenoxy) is 1. The van der Waals surface area contributed by atoms with E-state index in [1.54, 1.807) is 11.8 Å². The second kappa shape index (κ2) is 10.5. The fourth-order valence-electron chi connectivity index (χ4n) is 3.78. The van der Waals surface area contributed by atoms with E-state index < -0.39 is 0 Å². The molecule has 1 N–H and O–H groups in total. The Bertz CT molecular complexity index is 986. The van der Waals surface area contributed by atoms with Crippen molar-refractivity contribution < 1.29 is 9.53 Å². The van der Waals surface area contributed by atoms with Crippen molar-refractivity contribution in [1.82, 2.24) is 4.90 Å². The van der Waals surface area contributed by atoms with Gasteiger partial charge in [-0.25, -0.2) is 4.79 Å². The number of amides is 1. The van der Waals surface area contributed by atoms with Crippen LogP contribution in [0.1, 0.15) is 24.8 Å². The number of fused-ring (bicyclic) bond motifs is 1. The van der Waals surface area contributed by atoms with E-state index in [1.165, 1.54) is 35.6 Å². The van der Waals surface area contributed by atoms with Crippen LogP contribution in [-0.4, -0.2) is 37.2 Å². The zero-order chi connectivity index (χ0) is 20.6. The average Bonchev–Trinajstić information content (AvgIpc) is 2.79. The predicted molar refractivity (Wildman–Crippen MR) is 125 cm³/mol. The number of thioether (sulfide) groups is 1. The number of hydrogen-bond donors (Lipinski definition) is 1. The highest BCUT2D eigenvalue weighted by atomic mass is 32.2. The maximum Gasteiger partial charge on any atom is 0.411 e. The minimum Gasteiger partial charge on any atom is -0.448 e. The summed E-state index contributed by atoms with van der Waals surface area (Å²) in [5.74, 6) is 0.841. The van der Waals surface area contributed by atoms with Crippen LogP contribution in [0.15, 0.2) is 71.6 Å². The van der Waals surface area contributed by atoms with Crippen molar-refractivity contribution in [1.29, 1.82) is 0 Å². The van der Waals surface area contributed by atoms with E-state index in [-0.39, 0.29) is 6.09 Å². The van der Waals surface area contributed by atoms with E-state index >= 15 is 0 Å². The number of para-hydroxylation sites is 1. The van der Waals surface area contributed by atoms with Crippen molar-refractivity contribution in [2.75, 3.05) is 31.6 Å². The molecule has 30 heavy (non-hydrogen) atoms. The van der Waals surface area contributed by atoms with Crippen molar-refractivity contribution in [2.24, 2.45) is 0 Å². The number of carbonyl (C=O) groups excluding carboxylic acids is 1. The highest BCUT2D eigenvalue weighted by Gasteiger charge is 2.12. The summed E-state index contributed by atoms with van der Waals surface area (Å²) in [4.78, 5) is 15.7. The molecule has 156 valence electrons. The number of rotatable bonds is 7. The molecule has 1 saturated heterocycles. The number of anilines is 1. The molecule has 0 radical (unpaired) electrons. The van der Waals surface area contributed by atoms with E-state index in [9.17, 15) is 4.79 Å². The first-order valence-electron chi connectivity index (χ1n) is 10.6. The van der Waals surface area contributed by atoms with Crippen molar-refractivity contribution in [3.05, 3.63) is 72.3 Å². The molecule has 0 unspecified atom stereocenters. The summed E-state index contributed by atoms with van der Waals surface area (Å²) >= 11 is 1.72. The lowest BCUT2D eigenvalue weighted by atomic mass is 10.1. The maximum atomic E-state index is 12.3. The summed E-state index contributed by atoms with van der Waals surface area (Å²) < 4.78 is 5.41. The van der Waals surface area contributed by atoms with Crippen LogP contribution in [0.5, 0.6) is 0 Å². The van der Waals surface area contributed by atoms with Gasteiger partial charge in [0.25, 0.3) is 0 Å². The molecule has 0 aliphatic carbocycles. The van der Waals surface area contributed by atoms with Gasteiger partial charge in [0, 0.05) is 17.2 Å². The summed E-state index contributed by atoms with van der Waals surface area (Å²) in [6.07, 6.45) is 3.42. The van der Waals surface area contributed by atoms with E-state index in [2.05, 4.69) is 52.7 Å². The average molecular weight is 421 g/mol. The van der Waals surface area contributed by atoms with E-state index in [4.69, 9.17) is 4.74 Å². The quantitative estimate of drug-likeness (QED) is 0.464. The van der Waals surface area contributed by atoms with Gasteiger partial charge < -0.3 is 4.74 Å². The second-order valence-corrected chi connectivity index (χ2v) is 8.65. The van der Waals surface area contributed by atoms with Gasteiger partial charge in [-0.15, -0.1) is 11.8 Å². The normalized spacial score (nSPS) is 14.5. The summed E-state index contributed by atoms with van der Waals surface area (Å²) in [7, 11) is 0. The highest BCUT2D eigenvalue weighted by molar-refractivity contribution is 7.98. The molecule has 0 spiro atoms. The number of likely N-dealkylation sites (tertiary alicyclic amines) is 1. The molecule has 5 heteroatoms. The number of benzene rings is 3. The van der Waals surface area contributed by atoms with Gasteiger partial charge in [-0.1, -0.05) is 61.0 Å². The number of hydrogen-bond acceptors (Lipinski definition) is 4. The van der Waals surface area contributed by atoms with Crippen LogP contribution in [0.2, 0.25) is 0 Å². The molecular formula is C25H28N2O2S. The molecule has 4 rings (SSSR count). The SMILES string of the molecule is O=C(Nc1ccccc1SCc1ccc2ccccc2c1)OCCN1CCCCC1. The molecule has 0 bridgehead atoms. The minimum absolute atomic E-state index is 0.384. The van der Waals surface area contributed by atoms with Gasteiger partial charge in [0.05, 0.1) is 5.69 Å². The first kappa shape index (κ1) is 20.8. The highest BCUT2D eigenvalue weighted by Crippen LogP contribution is 2.30. The van der Waals surface area contributed by atoms with Crippen LogP contribution >= 0.6 is 11.8 Å². The smallest absolute Gasteiger partial charge is 0.411 e. The van der Waals surface area contributed by atoms with Crippen molar-refractivity contribution in [3.8, 4) is 0 Å². The van der Waals surface area contributed by atoms with Crippen molar-refractivity contribution in [3.63, 3.8) is 0 Å². The fraction of sp³-hybridized carbons (Fsp3) is 0.320. The van der Waals surface area contributed by atoms with Crippen LogP contribution in [0.3, 0.4) is 0 Å². The van der Waals surface area contributed by atoms with Crippen molar-refractivity contribution in [2.45, 2.75) is 29.9 Å². The van der Waals surface area contributed by atoms with Gasteiger partial charge in [0.2, 0.25) is 0 Å². The molecule has 4 nitrogen and oxygen atoms in total. The minimum atomic E-state index is -0.384. The third-order valence-corrected chi connectivity index (χ3v) is 6.57. The lowest BCUT2D eigenvalue weighted by Crippen LogP contribution is -2.33. The number of carbonyl (C=O) groups is 1. The van der Waals surface area contributed by atoms with Gasteiger partial charge in [-0.2, -0.15) is 0 Å². The Kier molecular flexibility index (Phi) is 7.27. The maximum absolute atomic E-state index is 12.3. The Morgan fingerprint density at radius 3 is 2.57 bits per heavy atom. The second-order valence-electron chi connectivity index (χ2n) is 7.63. The molecule has 1 fully saturated rings. The first-order chi connectivity index (χ1) is 14.8. The molecule has 0 atom stereocenters. The van der Waals surface area contributed by atoms with E-state index in [1.807, 2.05) is 24.3 Å². The third-order valence-electron chi connectivity index (χ3n) is 5.42. The lowest BCUT2D eigenvalue weighted by Gasteiger charge is -2.25. The molecule has 3 aromatic carbocycles. The molecule has 1 aliphatic heterocycles. The number of nitrogens with zero attached hydrogens (tertiary/aromatic N) is 1. The predicted octanol–water partition coefficient (Wildman–Crippen LogP) is 6.17. The summed E-state index contributed by atoms with van der Waals surface area (Å²) in [5, 5.41) is 5.41. The van der Waals surface area contributed by atoms with Crippen LogP contribution < -0.4 is 5.32 Å². The van der Waals surface area contributed by atoms with Crippen LogP contribution in [-0.2, 0) is 10.5 Å². The first-order valence-corrected chi connectivity index (χ1v) is 11.6. The largest absolute Gasteiger partial charge is 0.448 e. The van der Waals surface area contributed by atoms with Crippen molar-refractivity contribution >= 4 is 34.3 Å². The zero-order valence-electron chi connectivity index (χ0n) is 17.2. The molecule has 1 aliphatic rings. The molecule has 0 saturated carbocycles. The van der Waals surface area contributed by atoms with Gasteiger partial charge in [0.15, 0.2) is 0 Å². The lowest BCUT2D eigenvalue weighted by molar-refractivity contribution is 0.131. The van der Waals surface area contributed by atoms with E-state index in [0.29, 0.717) is 6.61 Å². The summed E-state index contributed by atoms with van der Waals surface area (Å²) in [5.41, 5.74) is 2.06. The topological polar surface area (TPSA) is 41.6 Å². The summed E-state index contributed by atoms with van der Waals surface area (Å²) in [6, 6.07) is 22.8. The van der Waals surface area contributed by atoms with Crippen LogP contribution in [0.4, 0.5) is 10.5 Å². The Labute approximate surface area is 182 Å². The zero-order valence-corrected chi connectivity index (χ0v) is 18.0. The van der Waals surface area contributed by atoms with Crippen LogP contribution in [0.25, 0.3) is 10.8 Å². The molecule has 3 aromatic rings. The Morgan fingerprint density at radius 1 is 0.933 bits per heavy atom. The fourth-order valence-corrected chi connectivity index (χ4v) is 4.73. The third kappa shape index (κ3) is 5.77. The molecule has 1 heterocycles. The number of piperidine rings is 1. The monoisotopic (exact) mass is 420 g/mol. The molecular weight excluding hydrogens is 392 g/mol. The van der Waals surface area contributed by atoms with Gasteiger partial charge >= 0.3 is 6.09 Å². The van der Waals surface area contributed by atoms with Gasteiger partial charge in [-0.05, 0) is 54.4 Å². The van der Waals surface area contributed by atoms with Crippen LogP contribution in [0, 0.1) is 0 Å². The van der Waals surface area contributed by atoms with E-state index in [0.717, 1.165) is 36.0 Å². The summed E-state index contributed by atoms with van der Waals surface area (Å²) in [6.45, 7) is 3.46. The Balaban J connectivity index is 1.30. The van der Waals surface area contributed by atoms with Gasteiger partial charge in [0.1, 0.15) is 6.61 Å². The van der Waals surface area contributed by atoms with Gasteiger partial charge in [-0.3, -0.25) is 10.2 Å². The Hall–Kier alpha value is -2.50. The molecule has 0 aromatic heterocycles. The number of nitrogens with one attached hydrogen (secondary N) is 1. The molecule has 1 amide bonds. The Morgan fingerprint density at radius 2 is 1.70 bits per heavy atom.